The maximum absolute atomic E-state index is 11.4. The van der Waals surface area contributed by atoms with Gasteiger partial charge in [-0.05, 0) is 13.5 Å². The zero-order valence-electron chi connectivity index (χ0n) is 11.4. The predicted octanol–water partition coefficient (Wildman–Crippen LogP) is 1.79. The van der Waals surface area contributed by atoms with E-state index in [0.717, 1.165) is 54.8 Å². The Balaban J connectivity index is 1.94. The number of likely N-dealkylation sites (N-methyl/N-ethyl adjacent to an activating group) is 1. The Labute approximate surface area is 113 Å². The monoisotopic (exact) mass is 267 g/mol. The lowest BCUT2D eigenvalue weighted by atomic mass is 10.3. The summed E-state index contributed by atoms with van der Waals surface area (Å²) in [5.41, 5.74) is 0.884. The predicted molar refractivity (Wildman–Crippen MR) is 74.2 cm³/mol. The number of nitrogens with zero attached hydrogens (tertiary/aromatic N) is 3. The van der Waals surface area contributed by atoms with Gasteiger partial charge in [0.05, 0.1) is 17.1 Å². The van der Waals surface area contributed by atoms with Crippen LogP contribution in [0.3, 0.4) is 0 Å². The van der Waals surface area contributed by atoms with Crippen molar-refractivity contribution in [1.82, 2.24) is 14.8 Å². The van der Waals surface area contributed by atoms with E-state index in [1.54, 1.807) is 18.3 Å². The van der Waals surface area contributed by atoms with E-state index in [9.17, 15) is 4.79 Å². The molecule has 1 aliphatic heterocycles. The summed E-state index contributed by atoms with van der Waals surface area (Å²) >= 11 is 1.55. The highest BCUT2D eigenvalue weighted by Gasteiger charge is 2.18. The van der Waals surface area contributed by atoms with E-state index in [1.807, 2.05) is 6.92 Å². The zero-order valence-corrected chi connectivity index (χ0v) is 12.2. The molecule has 4 nitrogen and oxygen atoms in total. The van der Waals surface area contributed by atoms with Crippen LogP contribution in [0.15, 0.2) is 0 Å². The van der Waals surface area contributed by atoms with Gasteiger partial charge in [-0.2, -0.15) is 0 Å². The van der Waals surface area contributed by atoms with Crippen LogP contribution >= 0.6 is 11.3 Å². The fraction of sp³-hybridized carbons (Fsp3) is 0.692. The van der Waals surface area contributed by atoms with Crippen LogP contribution in [0.1, 0.15) is 34.2 Å². The molecule has 2 rings (SSSR count). The molecular weight excluding hydrogens is 246 g/mol. The summed E-state index contributed by atoms with van der Waals surface area (Å²) < 4.78 is 0. The van der Waals surface area contributed by atoms with Gasteiger partial charge in [0.2, 0.25) is 0 Å². The van der Waals surface area contributed by atoms with Crippen LogP contribution < -0.4 is 0 Å². The van der Waals surface area contributed by atoms with E-state index in [0.29, 0.717) is 0 Å². The largest absolute Gasteiger partial charge is 0.301 e. The van der Waals surface area contributed by atoms with Crippen LogP contribution in [0.4, 0.5) is 0 Å². The summed E-state index contributed by atoms with van der Waals surface area (Å²) in [6, 6.07) is 0. The lowest BCUT2D eigenvalue weighted by Gasteiger charge is -2.33. The minimum Gasteiger partial charge on any atom is -0.301 e. The number of hydrogen-bond acceptors (Lipinski definition) is 5. The fourth-order valence-electron chi connectivity index (χ4n) is 2.30. The second kappa shape index (κ2) is 5.91. The molecule has 0 bridgehead atoms. The molecule has 1 aliphatic rings. The molecule has 1 aromatic heterocycles. The number of rotatable bonds is 4. The third-order valence-electron chi connectivity index (χ3n) is 3.43. The maximum Gasteiger partial charge on any atom is 0.171 e. The summed E-state index contributed by atoms with van der Waals surface area (Å²) in [5.74, 6) is 0.132. The second-order valence-corrected chi connectivity index (χ2v) is 5.87. The molecule has 0 spiro atoms. The molecule has 1 fully saturated rings. The van der Waals surface area contributed by atoms with Gasteiger partial charge in [0, 0.05) is 33.1 Å². The quantitative estimate of drug-likeness (QED) is 0.779. The van der Waals surface area contributed by atoms with E-state index in [-0.39, 0.29) is 5.78 Å². The summed E-state index contributed by atoms with van der Waals surface area (Å²) in [5, 5.41) is 1.07. The van der Waals surface area contributed by atoms with Crippen LogP contribution in [-0.2, 0) is 6.54 Å². The van der Waals surface area contributed by atoms with Crippen molar-refractivity contribution in [3.8, 4) is 0 Å². The standard InChI is InChI=1S/C13H21N3OS/c1-4-15-5-7-16(8-6-15)9-12-14-10(2)13(18-12)11(3)17/h4-9H2,1-3H3. The molecule has 5 heteroatoms. The van der Waals surface area contributed by atoms with E-state index >= 15 is 0 Å². The molecule has 100 valence electrons. The summed E-state index contributed by atoms with van der Waals surface area (Å²) in [7, 11) is 0. The van der Waals surface area contributed by atoms with Gasteiger partial charge in [-0.1, -0.05) is 6.92 Å². The van der Waals surface area contributed by atoms with Gasteiger partial charge >= 0.3 is 0 Å². The van der Waals surface area contributed by atoms with Crippen LogP contribution in [-0.4, -0.2) is 53.3 Å². The lowest BCUT2D eigenvalue weighted by molar-refractivity contribution is 0.102. The number of hydrogen-bond donors (Lipinski definition) is 0. The number of aryl methyl sites for hydroxylation is 1. The number of ketones is 1. The summed E-state index contributed by atoms with van der Waals surface area (Å²) in [6.45, 7) is 12.2. The number of piperazine rings is 1. The average Bonchev–Trinajstić information content (AvgIpc) is 2.71. The molecule has 0 aliphatic carbocycles. The molecule has 0 radical (unpaired) electrons. The molecule has 2 heterocycles. The van der Waals surface area contributed by atoms with Crippen molar-refractivity contribution in [3.63, 3.8) is 0 Å². The van der Waals surface area contributed by atoms with Gasteiger partial charge in [-0.25, -0.2) is 4.98 Å². The Morgan fingerprint density at radius 3 is 2.39 bits per heavy atom. The Morgan fingerprint density at radius 2 is 1.89 bits per heavy atom. The highest BCUT2D eigenvalue weighted by molar-refractivity contribution is 7.13. The van der Waals surface area contributed by atoms with Gasteiger partial charge in [0.1, 0.15) is 5.01 Å². The van der Waals surface area contributed by atoms with Crippen molar-refractivity contribution in [2.24, 2.45) is 0 Å². The maximum atomic E-state index is 11.4. The minimum absolute atomic E-state index is 0.132. The fourth-order valence-corrected chi connectivity index (χ4v) is 3.30. The first kappa shape index (κ1) is 13.6. The number of carbonyl (C=O) groups is 1. The van der Waals surface area contributed by atoms with Crippen molar-refractivity contribution in [1.29, 1.82) is 0 Å². The van der Waals surface area contributed by atoms with Gasteiger partial charge in [0.15, 0.2) is 5.78 Å². The number of carbonyl (C=O) groups excluding carboxylic acids is 1. The van der Waals surface area contributed by atoms with Crippen LogP contribution in [0.25, 0.3) is 0 Å². The first-order valence-electron chi connectivity index (χ1n) is 6.52. The second-order valence-electron chi connectivity index (χ2n) is 4.79. The summed E-state index contributed by atoms with van der Waals surface area (Å²) in [4.78, 5) is 21.6. The van der Waals surface area contributed by atoms with Gasteiger partial charge in [-0.15, -0.1) is 11.3 Å². The summed E-state index contributed by atoms with van der Waals surface area (Å²) in [6.07, 6.45) is 0. The third kappa shape index (κ3) is 3.16. The van der Waals surface area contributed by atoms with E-state index in [2.05, 4.69) is 21.7 Å². The Hall–Kier alpha value is -0.780. The number of thiazole rings is 1. The highest BCUT2D eigenvalue weighted by Crippen LogP contribution is 2.20. The molecule has 0 amide bonds. The molecule has 1 saturated heterocycles. The van der Waals surface area contributed by atoms with Crippen molar-refractivity contribution >= 4 is 17.1 Å². The smallest absolute Gasteiger partial charge is 0.171 e. The van der Waals surface area contributed by atoms with Gasteiger partial charge < -0.3 is 4.90 Å². The van der Waals surface area contributed by atoms with Gasteiger partial charge in [0.25, 0.3) is 0 Å². The molecule has 0 aromatic carbocycles. The van der Waals surface area contributed by atoms with Crippen molar-refractivity contribution in [2.45, 2.75) is 27.3 Å². The average molecular weight is 267 g/mol. The van der Waals surface area contributed by atoms with Crippen LogP contribution in [0, 0.1) is 6.92 Å². The molecule has 0 unspecified atom stereocenters. The molecule has 0 atom stereocenters. The SMILES string of the molecule is CCN1CCN(Cc2nc(C)c(C(C)=O)s2)CC1. The van der Waals surface area contributed by atoms with Crippen LogP contribution in [0.5, 0.6) is 0 Å². The molecule has 0 N–H and O–H groups in total. The van der Waals surface area contributed by atoms with E-state index in [4.69, 9.17) is 0 Å². The number of aromatic nitrogens is 1. The molecule has 18 heavy (non-hydrogen) atoms. The third-order valence-corrected chi connectivity index (χ3v) is 4.67. The number of Topliss-reactive ketones (excluding diaryl/α,β-unsaturated/α-hetero) is 1. The van der Waals surface area contributed by atoms with Crippen LogP contribution in [0.2, 0.25) is 0 Å². The van der Waals surface area contributed by atoms with Crippen molar-refractivity contribution < 1.29 is 4.79 Å². The normalized spacial score (nSPS) is 18.2. The Morgan fingerprint density at radius 1 is 1.28 bits per heavy atom. The van der Waals surface area contributed by atoms with E-state index in [1.165, 1.54) is 0 Å². The molecule has 0 saturated carbocycles. The first-order chi connectivity index (χ1) is 8.60. The Kier molecular flexibility index (Phi) is 4.48. The topological polar surface area (TPSA) is 36.4 Å². The van der Waals surface area contributed by atoms with E-state index < -0.39 is 0 Å². The minimum atomic E-state index is 0.132. The van der Waals surface area contributed by atoms with Gasteiger partial charge in [-0.3, -0.25) is 9.69 Å². The Bertz CT molecular complexity index is 422. The lowest BCUT2D eigenvalue weighted by Crippen LogP contribution is -2.45. The molecular formula is C13H21N3OS. The highest BCUT2D eigenvalue weighted by atomic mass is 32.1. The first-order valence-corrected chi connectivity index (χ1v) is 7.33. The van der Waals surface area contributed by atoms with Crippen molar-refractivity contribution in [2.75, 3.05) is 32.7 Å². The molecule has 1 aromatic rings. The van der Waals surface area contributed by atoms with Crippen molar-refractivity contribution in [3.05, 3.63) is 15.6 Å². The zero-order chi connectivity index (χ0) is 13.1.